The Morgan fingerprint density at radius 1 is 1.33 bits per heavy atom. The minimum absolute atomic E-state index is 0.254. The lowest BCUT2D eigenvalue weighted by molar-refractivity contribution is -0.162. The Labute approximate surface area is 86.4 Å². The van der Waals surface area contributed by atoms with E-state index in [0.29, 0.717) is 6.08 Å². The van der Waals surface area contributed by atoms with E-state index in [-0.39, 0.29) is 6.42 Å². The highest BCUT2D eigenvalue weighted by Crippen LogP contribution is 2.42. The maximum Gasteiger partial charge on any atom is 0.312 e. The topological polar surface area (TPSA) is 57.5 Å². The van der Waals surface area contributed by atoms with Gasteiger partial charge in [0.25, 0.3) is 5.92 Å². The fraction of sp³-hybridized carbons (Fsp3) is 0.700. The van der Waals surface area contributed by atoms with E-state index < -0.39 is 29.3 Å². The molecule has 1 unspecified atom stereocenters. The van der Waals surface area contributed by atoms with E-state index in [4.69, 9.17) is 5.11 Å². The summed E-state index contributed by atoms with van der Waals surface area (Å²) in [4.78, 5) is 10.9. The molecule has 0 bridgehead atoms. The average molecular weight is 220 g/mol. The lowest BCUT2D eigenvalue weighted by Gasteiger charge is -2.40. The van der Waals surface area contributed by atoms with E-state index in [1.165, 1.54) is 13.8 Å². The van der Waals surface area contributed by atoms with Gasteiger partial charge < -0.3 is 10.2 Å². The van der Waals surface area contributed by atoms with Gasteiger partial charge in [-0.1, -0.05) is 6.08 Å². The van der Waals surface area contributed by atoms with E-state index in [1.807, 2.05) is 0 Å². The molecule has 15 heavy (non-hydrogen) atoms. The van der Waals surface area contributed by atoms with Gasteiger partial charge in [0.2, 0.25) is 0 Å². The second kappa shape index (κ2) is 3.27. The van der Waals surface area contributed by atoms with Crippen LogP contribution < -0.4 is 0 Å². The summed E-state index contributed by atoms with van der Waals surface area (Å²) in [6.45, 7) is 2.65. The van der Waals surface area contributed by atoms with Crippen molar-refractivity contribution in [2.75, 3.05) is 0 Å². The summed E-state index contributed by atoms with van der Waals surface area (Å²) in [5.41, 5.74) is -3.18. The van der Waals surface area contributed by atoms with Crippen LogP contribution in [0.25, 0.3) is 0 Å². The summed E-state index contributed by atoms with van der Waals surface area (Å²) in [7, 11) is 0. The molecule has 2 N–H and O–H groups in total. The molecule has 0 fully saturated rings. The average Bonchev–Trinajstić information content (AvgIpc) is 2.10. The number of carbonyl (C=O) groups is 1. The van der Waals surface area contributed by atoms with Gasteiger partial charge in [-0.25, -0.2) is 8.78 Å². The predicted octanol–water partition coefficient (Wildman–Crippen LogP) is 1.81. The summed E-state index contributed by atoms with van der Waals surface area (Å²) in [6.07, 6.45) is 0.707. The number of aliphatic carboxylic acids is 1. The monoisotopic (exact) mass is 220 g/mol. The molecule has 1 rings (SSSR count). The first-order valence-electron chi connectivity index (χ1n) is 4.65. The summed E-state index contributed by atoms with van der Waals surface area (Å²) in [5.74, 6) is -4.15. The summed E-state index contributed by atoms with van der Waals surface area (Å²) < 4.78 is 25.6. The Bertz CT molecular complexity index is 310. The van der Waals surface area contributed by atoms with Crippen LogP contribution in [0.1, 0.15) is 26.7 Å². The molecule has 0 heterocycles. The highest BCUT2D eigenvalue weighted by Gasteiger charge is 2.51. The minimum atomic E-state index is -2.94. The number of alkyl halides is 2. The first-order chi connectivity index (χ1) is 6.61. The van der Waals surface area contributed by atoms with E-state index in [0.717, 1.165) is 6.08 Å². The number of hydrogen-bond donors (Lipinski definition) is 2. The molecule has 0 spiro atoms. The summed E-state index contributed by atoms with van der Waals surface area (Å²) in [5, 5.41) is 18.9. The van der Waals surface area contributed by atoms with Crippen molar-refractivity contribution in [3.63, 3.8) is 0 Å². The zero-order chi connectivity index (χ0) is 11.9. The first kappa shape index (κ1) is 12.1. The van der Waals surface area contributed by atoms with E-state index in [1.54, 1.807) is 0 Å². The van der Waals surface area contributed by atoms with Crippen LogP contribution in [-0.4, -0.2) is 27.7 Å². The maximum absolute atomic E-state index is 12.8. The van der Waals surface area contributed by atoms with Crippen molar-refractivity contribution in [3.8, 4) is 0 Å². The molecule has 86 valence electrons. The van der Waals surface area contributed by atoms with Gasteiger partial charge in [0.05, 0.1) is 11.0 Å². The maximum atomic E-state index is 12.8. The number of hydrogen-bond acceptors (Lipinski definition) is 2. The standard InChI is InChI=1S/C10H14F2O3/c1-8(2,7(13)14)9(15)3-5-10(11,12)6-4-9/h3,5,15H,4,6H2,1-2H3,(H,13,14). The third-order valence-electron chi connectivity index (χ3n) is 3.06. The number of aliphatic hydroxyl groups is 1. The molecular formula is C10H14F2O3. The first-order valence-corrected chi connectivity index (χ1v) is 4.65. The van der Waals surface area contributed by atoms with Gasteiger partial charge in [-0.15, -0.1) is 0 Å². The smallest absolute Gasteiger partial charge is 0.312 e. The number of allylic oxidation sites excluding steroid dienone is 1. The van der Waals surface area contributed by atoms with Gasteiger partial charge in [-0.2, -0.15) is 0 Å². The molecule has 0 saturated heterocycles. The van der Waals surface area contributed by atoms with Crippen molar-refractivity contribution in [2.45, 2.75) is 38.2 Å². The SMILES string of the molecule is CC(C)(C(=O)O)C1(O)C=CC(F)(F)CC1. The van der Waals surface area contributed by atoms with Crippen LogP contribution in [-0.2, 0) is 4.79 Å². The van der Waals surface area contributed by atoms with Gasteiger partial charge in [0, 0.05) is 6.42 Å². The molecule has 0 saturated carbocycles. The van der Waals surface area contributed by atoms with Crippen LogP contribution in [0.15, 0.2) is 12.2 Å². The quantitative estimate of drug-likeness (QED) is 0.698. The van der Waals surface area contributed by atoms with Crippen LogP contribution in [0.5, 0.6) is 0 Å². The van der Waals surface area contributed by atoms with Crippen molar-refractivity contribution >= 4 is 5.97 Å². The Kier molecular flexibility index (Phi) is 2.63. The minimum Gasteiger partial charge on any atom is -0.481 e. The second-order valence-electron chi connectivity index (χ2n) is 4.45. The fourth-order valence-electron chi connectivity index (χ4n) is 1.49. The van der Waals surface area contributed by atoms with Crippen LogP contribution in [0.4, 0.5) is 8.78 Å². The van der Waals surface area contributed by atoms with Gasteiger partial charge in [0.15, 0.2) is 0 Å². The molecule has 1 aliphatic carbocycles. The molecule has 0 aromatic rings. The van der Waals surface area contributed by atoms with Gasteiger partial charge in [-0.3, -0.25) is 4.79 Å². The summed E-state index contributed by atoms with van der Waals surface area (Å²) in [6, 6.07) is 0. The Morgan fingerprint density at radius 2 is 1.87 bits per heavy atom. The van der Waals surface area contributed by atoms with Gasteiger partial charge in [0.1, 0.15) is 0 Å². The van der Waals surface area contributed by atoms with Crippen LogP contribution >= 0.6 is 0 Å². The van der Waals surface area contributed by atoms with Crippen molar-refractivity contribution in [1.82, 2.24) is 0 Å². The molecule has 1 aliphatic rings. The second-order valence-corrected chi connectivity index (χ2v) is 4.45. The van der Waals surface area contributed by atoms with Crippen molar-refractivity contribution < 1.29 is 23.8 Å². The molecule has 0 aromatic carbocycles. The van der Waals surface area contributed by atoms with Crippen LogP contribution in [0.2, 0.25) is 0 Å². The highest BCUT2D eigenvalue weighted by atomic mass is 19.3. The molecule has 1 atom stereocenters. The van der Waals surface area contributed by atoms with E-state index >= 15 is 0 Å². The van der Waals surface area contributed by atoms with E-state index in [9.17, 15) is 18.7 Å². The largest absolute Gasteiger partial charge is 0.481 e. The van der Waals surface area contributed by atoms with Crippen LogP contribution in [0.3, 0.4) is 0 Å². The summed E-state index contributed by atoms with van der Waals surface area (Å²) >= 11 is 0. The Morgan fingerprint density at radius 3 is 2.20 bits per heavy atom. The number of carboxylic acids is 1. The molecular weight excluding hydrogens is 206 g/mol. The zero-order valence-electron chi connectivity index (χ0n) is 8.63. The number of halogens is 2. The number of carboxylic acid groups (broad SMARTS) is 1. The number of rotatable bonds is 2. The van der Waals surface area contributed by atoms with Crippen molar-refractivity contribution in [3.05, 3.63) is 12.2 Å². The molecule has 5 heteroatoms. The molecule has 0 aliphatic heterocycles. The normalized spacial score (nSPS) is 30.2. The molecule has 0 amide bonds. The lowest BCUT2D eigenvalue weighted by Crippen LogP contribution is -2.50. The Balaban J connectivity index is 3.01. The molecule has 0 aromatic heterocycles. The van der Waals surface area contributed by atoms with Gasteiger partial charge >= 0.3 is 5.97 Å². The van der Waals surface area contributed by atoms with Crippen molar-refractivity contribution in [1.29, 1.82) is 0 Å². The van der Waals surface area contributed by atoms with Gasteiger partial charge in [-0.05, 0) is 26.3 Å². The lowest BCUT2D eigenvalue weighted by atomic mass is 9.69. The third-order valence-corrected chi connectivity index (χ3v) is 3.06. The Hall–Kier alpha value is -0.970. The van der Waals surface area contributed by atoms with Crippen molar-refractivity contribution in [2.24, 2.45) is 5.41 Å². The highest BCUT2D eigenvalue weighted by molar-refractivity contribution is 5.76. The van der Waals surface area contributed by atoms with Crippen LogP contribution in [0, 0.1) is 5.41 Å². The predicted molar refractivity (Wildman–Crippen MR) is 49.7 cm³/mol. The third kappa shape index (κ3) is 2.02. The van der Waals surface area contributed by atoms with E-state index in [2.05, 4.69) is 0 Å². The molecule has 3 nitrogen and oxygen atoms in total. The zero-order valence-corrected chi connectivity index (χ0v) is 8.63. The molecule has 0 radical (unpaired) electrons. The fourth-order valence-corrected chi connectivity index (χ4v) is 1.49.